The third kappa shape index (κ3) is 4.53. The highest BCUT2D eigenvalue weighted by Crippen LogP contribution is 2.25. The van der Waals surface area contributed by atoms with E-state index in [2.05, 4.69) is 16.9 Å². The molecule has 1 fully saturated rings. The van der Waals surface area contributed by atoms with Crippen LogP contribution in [0.5, 0.6) is 0 Å². The number of likely N-dealkylation sites (N-methyl/N-ethyl adjacent to an activating group) is 1. The highest BCUT2D eigenvalue weighted by Gasteiger charge is 2.25. The molecule has 1 saturated heterocycles. The molecule has 1 aliphatic heterocycles. The molecule has 9 nitrogen and oxygen atoms in total. The van der Waals surface area contributed by atoms with Crippen molar-refractivity contribution in [3.63, 3.8) is 0 Å². The average Bonchev–Trinajstić information content (AvgIpc) is 3.34. The smallest absolute Gasteiger partial charge is 0.330 e. The Hall–Kier alpha value is -2.75. The number of nitrogens with one attached hydrogen (secondary N) is 1. The van der Waals surface area contributed by atoms with E-state index in [0.29, 0.717) is 25.6 Å². The molecular weight excluding hydrogens is 384 g/mol. The van der Waals surface area contributed by atoms with Crippen molar-refractivity contribution in [2.45, 2.75) is 32.6 Å². The van der Waals surface area contributed by atoms with E-state index in [0.717, 1.165) is 30.2 Å². The second-order valence-electron chi connectivity index (χ2n) is 7.74. The van der Waals surface area contributed by atoms with E-state index in [1.165, 1.54) is 0 Å². The van der Waals surface area contributed by atoms with Gasteiger partial charge in [0.2, 0.25) is 0 Å². The first-order valence-corrected chi connectivity index (χ1v) is 10.2. The molecular formula is C21H28N6O3. The van der Waals surface area contributed by atoms with E-state index in [-0.39, 0.29) is 17.9 Å². The van der Waals surface area contributed by atoms with Crippen LogP contribution in [0.25, 0.3) is 17.1 Å². The maximum atomic E-state index is 12.0. The quantitative estimate of drug-likeness (QED) is 0.637. The van der Waals surface area contributed by atoms with Crippen molar-refractivity contribution in [1.29, 1.82) is 0 Å². The van der Waals surface area contributed by atoms with Gasteiger partial charge in [-0.05, 0) is 33.0 Å². The van der Waals surface area contributed by atoms with Crippen molar-refractivity contribution in [2.75, 3.05) is 33.4 Å². The standard InChI is InChI=1S/C21H28N6O3/c1-15(2)29-12-10-27-20(23-19(24-27)18-14-25(3)9-11-30-18)16-5-4-6-17(13-16)26-8-7-22-21(26)28/h4-8,13,15,18H,9-12,14H2,1-3H3,(H,22,28). The summed E-state index contributed by atoms with van der Waals surface area (Å²) in [6.07, 6.45) is 3.32. The first-order valence-electron chi connectivity index (χ1n) is 10.2. The van der Waals surface area contributed by atoms with Gasteiger partial charge in [0.15, 0.2) is 11.6 Å². The predicted molar refractivity (Wildman–Crippen MR) is 113 cm³/mol. The van der Waals surface area contributed by atoms with Crippen molar-refractivity contribution < 1.29 is 9.47 Å². The van der Waals surface area contributed by atoms with Gasteiger partial charge >= 0.3 is 5.69 Å². The fourth-order valence-electron chi connectivity index (χ4n) is 3.49. The number of aromatic nitrogens is 5. The van der Waals surface area contributed by atoms with E-state index >= 15 is 0 Å². The first-order chi connectivity index (χ1) is 14.5. The van der Waals surface area contributed by atoms with Gasteiger partial charge in [0, 0.05) is 31.0 Å². The molecule has 4 rings (SSSR count). The zero-order valence-electron chi connectivity index (χ0n) is 17.6. The van der Waals surface area contributed by atoms with Crippen molar-refractivity contribution in [2.24, 2.45) is 0 Å². The van der Waals surface area contributed by atoms with Gasteiger partial charge in [0.05, 0.1) is 31.5 Å². The summed E-state index contributed by atoms with van der Waals surface area (Å²) in [6.45, 7) is 7.46. The number of aromatic amines is 1. The van der Waals surface area contributed by atoms with Gasteiger partial charge < -0.3 is 19.4 Å². The highest BCUT2D eigenvalue weighted by molar-refractivity contribution is 5.59. The lowest BCUT2D eigenvalue weighted by atomic mass is 10.2. The van der Waals surface area contributed by atoms with Gasteiger partial charge in [-0.1, -0.05) is 12.1 Å². The van der Waals surface area contributed by atoms with Gasteiger partial charge in [0.1, 0.15) is 6.10 Å². The van der Waals surface area contributed by atoms with Crippen LogP contribution in [0.4, 0.5) is 0 Å². The minimum absolute atomic E-state index is 0.149. The lowest BCUT2D eigenvalue weighted by molar-refractivity contribution is -0.0256. The first kappa shape index (κ1) is 20.5. The number of morpholine rings is 1. The fourth-order valence-corrected chi connectivity index (χ4v) is 3.49. The Labute approximate surface area is 175 Å². The number of ether oxygens (including phenoxy) is 2. The SMILES string of the molecule is CC(C)OCCn1nc(C2CN(C)CCO2)nc1-c1cccc(-n2cc[nH]c2=O)c1. The molecule has 30 heavy (non-hydrogen) atoms. The summed E-state index contributed by atoms with van der Waals surface area (Å²) < 4.78 is 15.1. The number of nitrogens with zero attached hydrogens (tertiary/aromatic N) is 5. The van der Waals surface area contributed by atoms with Crippen molar-refractivity contribution in [1.82, 2.24) is 29.2 Å². The summed E-state index contributed by atoms with van der Waals surface area (Å²) >= 11 is 0. The van der Waals surface area contributed by atoms with Crippen LogP contribution < -0.4 is 5.69 Å². The molecule has 1 unspecified atom stereocenters. The number of hydrogen-bond acceptors (Lipinski definition) is 6. The Balaban J connectivity index is 1.68. The average molecular weight is 412 g/mol. The summed E-state index contributed by atoms with van der Waals surface area (Å²) in [5.41, 5.74) is 1.47. The molecule has 0 spiro atoms. The topological polar surface area (TPSA) is 90.2 Å². The molecule has 1 aliphatic rings. The number of benzene rings is 1. The van der Waals surface area contributed by atoms with Crippen LogP contribution in [0, 0.1) is 0 Å². The molecule has 0 bridgehead atoms. The van der Waals surface area contributed by atoms with Gasteiger partial charge in [-0.2, -0.15) is 5.10 Å². The number of hydrogen-bond donors (Lipinski definition) is 1. The molecule has 0 amide bonds. The van der Waals surface area contributed by atoms with Gasteiger partial charge in [-0.15, -0.1) is 0 Å². The van der Waals surface area contributed by atoms with E-state index in [1.807, 2.05) is 42.8 Å². The molecule has 1 atom stereocenters. The molecule has 2 aromatic heterocycles. The Bertz CT molecular complexity index is 1040. The van der Waals surface area contributed by atoms with Crippen LogP contribution in [-0.2, 0) is 16.0 Å². The van der Waals surface area contributed by atoms with Crippen molar-refractivity contribution in [3.05, 3.63) is 53.0 Å². The molecule has 3 heterocycles. The molecule has 9 heteroatoms. The summed E-state index contributed by atoms with van der Waals surface area (Å²) in [4.78, 5) is 21.7. The Morgan fingerprint density at radius 1 is 1.37 bits per heavy atom. The molecule has 1 N–H and O–H groups in total. The second kappa shape index (κ2) is 8.95. The zero-order chi connectivity index (χ0) is 21.1. The summed E-state index contributed by atoms with van der Waals surface area (Å²) in [6, 6.07) is 7.72. The summed E-state index contributed by atoms with van der Waals surface area (Å²) in [5, 5.41) is 4.75. The van der Waals surface area contributed by atoms with Gasteiger partial charge in [-0.25, -0.2) is 14.5 Å². The maximum absolute atomic E-state index is 12.0. The minimum atomic E-state index is -0.182. The van der Waals surface area contributed by atoms with E-state index < -0.39 is 0 Å². The fraction of sp³-hybridized carbons (Fsp3) is 0.476. The third-order valence-electron chi connectivity index (χ3n) is 5.03. The van der Waals surface area contributed by atoms with Crippen molar-refractivity contribution in [3.8, 4) is 17.1 Å². The predicted octanol–water partition coefficient (Wildman–Crippen LogP) is 1.85. The maximum Gasteiger partial charge on any atom is 0.330 e. The molecule has 0 aliphatic carbocycles. The molecule has 0 saturated carbocycles. The minimum Gasteiger partial charge on any atom is -0.377 e. The van der Waals surface area contributed by atoms with E-state index in [9.17, 15) is 4.79 Å². The van der Waals surface area contributed by atoms with Gasteiger partial charge in [0.25, 0.3) is 0 Å². The van der Waals surface area contributed by atoms with Crippen LogP contribution in [0.1, 0.15) is 25.8 Å². The molecule has 1 aromatic carbocycles. The van der Waals surface area contributed by atoms with Crippen LogP contribution >= 0.6 is 0 Å². The Morgan fingerprint density at radius 2 is 2.23 bits per heavy atom. The van der Waals surface area contributed by atoms with Crippen LogP contribution in [0.2, 0.25) is 0 Å². The number of rotatable bonds is 7. The van der Waals surface area contributed by atoms with Crippen LogP contribution in [0.15, 0.2) is 41.5 Å². The molecule has 3 aromatic rings. The largest absolute Gasteiger partial charge is 0.377 e. The van der Waals surface area contributed by atoms with E-state index in [4.69, 9.17) is 19.6 Å². The number of H-pyrrole nitrogens is 1. The normalized spacial score (nSPS) is 17.7. The van der Waals surface area contributed by atoms with Gasteiger partial charge in [-0.3, -0.25) is 4.57 Å². The molecule has 0 radical (unpaired) electrons. The number of imidazole rings is 1. The molecule has 160 valence electrons. The van der Waals surface area contributed by atoms with E-state index in [1.54, 1.807) is 17.0 Å². The lowest BCUT2D eigenvalue weighted by Crippen LogP contribution is -2.35. The third-order valence-corrected chi connectivity index (χ3v) is 5.03. The second-order valence-corrected chi connectivity index (χ2v) is 7.74. The Kier molecular flexibility index (Phi) is 6.12. The monoisotopic (exact) mass is 412 g/mol. The Morgan fingerprint density at radius 3 is 2.97 bits per heavy atom. The van der Waals surface area contributed by atoms with Crippen molar-refractivity contribution >= 4 is 0 Å². The van der Waals surface area contributed by atoms with Crippen LogP contribution in [0.3, 0.4) is 0 Å². The summed E-state index contributed by atoms with van der Waals surface area (Å²) in [7, 11) is 2.07. The zero-order valence-corrected chi connectivity index (χ0v) is 17.6. The highest BCUT2D eigenvalue weighted by atomic mass is 16.5. The summed E-state index contributed by atoms with van der Waals surface area (Å²) in [5.74, 6) is 1.41. The van der Waals surface area contributed by atoms with Crippen LogP contribution in [-0.4, -0.2) is 68.7 Å². The lowest BCUT2D eigenvalue weighted by Gasteiger charge is -2.28.